The molecule has 0 aliphatic rings. The number of esters is 2. The molecule has 0 saturated heterocycles. The molecule has 0 unspecified atom stereocenters. The smallest absolute Gasteiger partial charge is 0.343 e. The van der Waals surface area contributed by atoms with Gasteiger partial charge in [0, 0.05) is 19.3 Å². The van der Waals surface area contributed by atoms with E-state index in [1.807, 2.05) is 72.8 Å². The number of hydrogen-bond acceptors (Lipinski definition) is 8. The average molecular weight is 843 g/mol. The molecule has 0 heterocycles. The molecule has 5 aromatic rings. The average Bonchev–Trinajstić information content (AvgIpc) is 3.30. The Hall–Kier alpha value is -5.44. The zero-order chi connectivity index (χ0) is 43.5. The minimum absolute atomic E-state index is 0.269. The number of ether oxygens (including phenoxy) is 4. The van der Waals surface area contributed by atoms with Gasteiger partial charge in [0.05, 0.1) is 24.3 Å². The third-order valence-corrected chi connectivity index (χ3v) is 11.0. The fourth-order valence-electron chi connectivity index (χ4n) is 7.30. The molecule has 0 aromatic heterocycles. The first-order chi connectivity index (χ1) is 30.5. The third-order valence-electron chi connectivity index (χ3n) is 11.0. The predicted octanol–water partition coefficient (Wildman–Crippen LogP) is 13.2. The number of unbranched alkanes of at least 4 members (excludes halogenated alkanes) is 16. The van der Waals surface area contributed by atoms with E-state index in [1.54, 1.807) is 42.5 Å². The summed E-state index contributed by atoms with van der Waals surface area (Å²) in [6.45, 7) is 2.02. The Morgan fingerprint density at radius 3 is 0.952 bits per heavy atom. The van der Waals surface area contributed by atoms with Crippen molar-refractivity contribution in [1.29, 1.82) is 0 Å². The van der Waals surface area contributed by atoms with E-state index in [0.29, 0.717) is 37.6 Å². The summed E-state index contributed by atoms with van der Waals surface area (Å²) >= 11 is 0. The fraction of sp³-hybridized carbons (Fsp3) is 0.407. The number of carbonyl (C=O) groups excluding carboxylic acids is 2. The van der Waals surface area contributed by atoms with Crippen LogP contribution in [-0.2, 0) is 0 Å². The standard InChI is InChI=1S/C54H66O8/c55-38-15-11-7-3-1-5-9-13-17-40-59-49-34-30-45(31-35-49)43-22-26-47(27-23-43)53(57)61-51-20-19-21-52(42-51)62-54(58)48-28-24-44(25-29-48)46-32-36-50(37-33-46)60-41-18-14-10-6-2-4-8-12-16-39-56/h19-37,42,55-56H,1-18,38-41H2. The largest absolute Gasteiger partial charge is 0.494 e. The van der Waals surface area contributed by atoms with Crippen molar-refractivity contribution in [3.05, 3.63) is 132 Å². The number of hydrogen-bond donors (Lipinski definition) is 2. The molecule has 0 bridgehead atoms. The molecule has 0 fully saturated rings. The lowest BCUT2D eigenvalue weighted by Gasteiger charge is -2.10. The lowest BCUT2D eigenvalue weighted by atomic mass is 10.0. The molecule has 8 nitrogen and oxygen atoms in total. The van der Waals surface area contributed by atoms with Crippen molar-refractivity contribution >= 4 is 11.9 Å². The van der Waals surface area contributed by atoms with Gasteiger partial charge in [0.2, 0.25) is 0 Å². The molecule has 0 amide bonds. The molecule has 5 aromatic carbocycles. The number of benzene rings is 5. The second kappa shape index (κ2) is 28.2. The van der Waals surface area contributed by atoms with Gasteiger partial charge < -0.3 is 29.2 Å². The predicted molar refractivity (Wildman–Crippen MR) is 248 cm³/mol. The minimum Gasteiger partial charge on any atom is -0.494 e. The Morgan fingerprint density at radius 2 is 0.629 bits per heavy atom. The van der Waals surface area contributed by atoms with Crippen molar-refractivity contribution in [2.75, 3.05) is 26.4 Å². The van der Waals surface area contributed by atoms with Crippen LogP contribution in [0.4, 0.5) is 0 Å². The molecule has 0 atom stereocenters. The van der Waals surface area contributed by atoms with E-state index in [9.17, 15) is 9.59 Å². The SMILES string of the molecule is O=C(Oc1cccc(OC(=O)c2ccc(-c3ccc(OCCCCCCCCCCCO)cc3)cc2)c1)c1ccc(-c2ccc(OCCCCCCCCCCCO)cc2)cc1. The van der Waals surface area contributed by atoms with Crippen LogP contribution in [0.25, 0.3) is 22.3 Å². The van der Waals surface area contributed by atoms with Crippen LogP contribution in [0, 0.1) is 0 Å². The summed E-state index contributed by atoms with van der Waals surface area (Å²) in [6, 6.07) is 37.0. The first-order valence-corrected chi connectivity index (χ1v) is 22.9. The van der Waals surface area contributed by atoms with Gasteiger partial charge in [0.15, 0.2) is 0 Å². The summed E-state index contributed by atoms with van der Waals surface area (Å²) in [6.07, 6.45) is 21.0. The van der Waals surface area contributed by atoms with Gasteiger partial charge in [-0.2, -0.15) is 0 Å². The number of aliphatic hydroxyl groups is 2. The molecule has 5 rings (SSSR count). The highest BCUT2D eigenvalue weighted by molar-refractivity contribution is 5.93. The summed E-state index contributed by atoms with van der Waals surface area (Å²) in [7, 11) is 0. The zero-order valence-electron chi connectivity index (χ0n) is 36.4. The maximum absolute atomic E-state index is 13.0. The van der Waals surface area contributed by atoms with Crippen LogP contribution in [0.2, 0.25) is 0 Å². The molecule has 0 saturated carbocycles. The lowest BCUT2D eigenvalue weighted by molar-refractivity contribution is 0.0732. The van der Waals surface area contributed by atoms with Crippen LogP contribution in [0.3, 0.4) is 0 Å². The molecule has 62 heavy (non-hydrogen) atoms. The van der Waals surface area contributed by atoms with Crippen molar-refractivity contribution in [2.24, 2.45) is 0 Å². The number of carbonyl (C=O) groups is 2. The second-order valence-electron chi connectivity index (χ2n) is 16.0. The number of rotatable bonds is 30. The third kappa shape index (κ3) is 17.5. The Kier molecular flexibility index (Phi) is 21.7. The van der Waals surface area contributed by atoms with Gasteiger partial charge in [0.1, 0.15) is 23.0 Å². The molecule has 8 heteroatoms. The van der Waals surface area contributed by atoms with Crippen LogP contribution < -0.4 is 18.9 Å². The van der Waals surface area contributed by atoms with E-state index in [0.717, 1.165) is 72.3 Å². The quantitative estimate of drug-likeness (QED) is 0.0267. The van der Waals surface area contributed by atoms with Crippen LogP contribution in [0.1, 0.15) is 136 Å². The van der Waals surface area contributed by atoms with Crippen molar-refractivity contribution in [3.63, 3.8) is 0 Å². The summed E-state index contributed by atoms with van der Waals surface area (Å²) < 4.78 is 23.2. The van der Waals surface area contributed by atoms with Crippen molar-refractivity contribution in [2.45, 2.75) is 116 Å². The lowest BCUT2D eigenvalue weighted by Crippen LogP contribution is -2.10. The van der Waals surface area contributed by atoms with E-state index < -0.39 is 11.9 Å². The van der Waals surface area contributed by atoms with Gasteiger partial charge in [0.25, 0.3) is 0 Å². The van der Waals surface area contributed by atoms with Crippen molar-refractivity contribution < 1.29 is 38.7 Å². The molecule has 0 spiro atoms. The highest BCUT2D eigenvalue weighted by Crippen LogP contribution is 2.27. The molecule has 2 N–H and O–H groups in total. The summed E-state index contributed by atoms with van der Waals surface area (Å²) in [5, 5.41) is 17.7. The molecule has 330 valence electrons. The minimum atomic E-state index is -0.513. The van der Waals surface area contributed by atoms with Crippen molar-refractivity contribution in [1.82, 2.24) is 0 Å². The molecule has 0 aliphatic carbocycles. The Balaban J connectivity index is 0.991. The maximum Gasteiger partial charge on any atom is 0.343 e. The molecular formula is C54H66O8. The van der Waals surface area contributed by atoms with Gasteiger partial charge in [-0.25, -0.2) is 9.59 Å². The molecular weight excluding hydrogens is 777 g/mol. The van der Waals surface area contributed by atoms with E-state index in [-0.39, 0.29) is 11.5 Å². The summed E-state index contributed by atoms with van der Waals surface area (Å²) in [5.74, 6) is 1.20. The van der Waals surface area contributed by atoms with Gasteiger partial charge in [-0.05, 0) is 109 Å². The summed E-state index contributed by atoms with van der Waals surface area (Å²) in [5.41, 5.74) is 4.79. The van der Waals surface area contributed by atoms with E-state index in [1.165, 1.54) is 83.1 Å². The topological polar surface area (TPSA) is 112 Å². The van der Waals surface area contributed by atoms with Crippen molar-refractivity contribution in [3.8, 4) is 45.3 Å². The van der Waals surface area contributed by atoms with Crippen LogP contribution in [-0.4, -0.2) is 48.6 Å². The van der Waals surface area contributed by atoms with Crippen LogP contribution >= 0.6 is 0 Å². The normalized spacial score (nSPS) is 11.0. The maximum atomic E-state index is 13.0. The monoisotopic (exact) mass is 842 g/mol. The summed E-state index contributed by atoms with van der Waals surface area (Å²) in [4.78, 5) is 26.1. The van der Waals surface area contributed by atoms with E-state index >= 15 is 0 Å². The van der Waals surface area contributed by atoms with E-state index in [4.69, 9.17) is 29.2 Å². The molecule has 0 aliphatic heterocycles. The van der Waals surface area contributed by atoms with Gasteiger partial charge in [-0.15, -0.1) is 0 Å². The molecule has 0 radical (unpaired) electrons. The van der Waals surface area contributed by atoms with Gasteiger partial charge in [-0.1, -0.05) is 144 Å². The first-order valence-electron chi connectivity index (χ1n) is 22.9. The Bertz CT molecular complexity index is 1850. The van der Waals surface area contributed by atoms with Gasteiger partial charge in [-0.3, -0.25) is 0 Å². The second-order valence-corrected chi connectivity index (χ2v) is 16.0. The van der Waals surface area contributed by atoms with Crippen LogP contribution in [0.5, 0.6) is 23.0 Å². The fourth-order valence-corrected chi connectivity index (χ4v) is 7.30. The Morgan fingerprint density at radius 1 is 0.339 bits per heavy atom. The highest BCUT2D eigenvalue weighted by Gasteiger charge is 2.13. The number of aliphatic hydroxyl groups excluding tert-OH is 2. The van der Waals surface area contributed by atoms with E-state index in [2.05, 4.69) is 0 Å². The first kappa shape index (κ1) is 47.6. The zero-order valence-corrected chi connectivity index (χ0v) is 36.4. The highest BCUT2D eigenvalue weighted by atomic mass is 16.5. The van der Waals surface area contributed by atoms with Crippen LogP contribution in [0.15, 0.2) is 121 Å². The Labute approximate surface area is 369 Å². The van der Waals surface area contributed by atoms with Gasteiger partial charge >= 0.3 is 11.9 Å².